The van der Waals surface area contributed by atoms with Crippen LogP contribution in [-0.2, 0) is 0 Å². The van der Waals surface area contributed by atoms with Crippen molar-refractivity contribution in [3.05, 3.63) is 54.6 Å². The van der Waals surface area contributed by atoms with Gasteiger partial charge in [-0.2, -0.15) is 0 Å². The van der Waals surface area contributed by atoms with E-state index >= 15 is 0 Å². The Balaban J connectivity index is 2.03. The summed E-state index contributed by atoms with van der Waals surface area (Å²) >= 11 is 0. The van der Waals surface area contributed by atoms with Crippen molar-refractivity contribution in [2.45, 2.75) is 20.0 Å². The Kier molecular flexibility index (Phi) is 3.66. The molecule has 0 amide bonds. The lowest BCUT2D eigenvalue weighted by Gasteiger charge is -2.10. The van der Waals surface area contributed by atoms with Crippen molar-refractivity contribution in [3.8, 4) is 17.2 Å². The third-order valence-electron chi connectivity index (χ3n) is 2.11. The largest absolute Gasteiger partial charge is 0.491 e. The Labute approximate surface area is 102 Å². The second-order valence-corrected chi connectivity index (χ2v) is 3.98. The zero-order valence-corrected chi connectivity index (χ0v) is 10.0. The summed E-state index contributed by atoms with van der Waals surface area (Å²) in [6.45, 7) is 4.01. The lowest BCUT2D eigenvalue weighted by molar-refractivity contribution is 0.242. The highest BCUT2D eigenvalue weighted by Gasteiger charge is 1.99. The van der Waals surface area contributed by atoms with Gasteiger partial charge in [-0.25, -0.2) is 0 Å². The summed E-state index contributed by atoms with van der Waals surface area (Å²) in [5.41, 5.74) is 0. The molecular formula is C15H15O2. The van der Waals surface area contributed by atoms with Crippen LogP contribution in [-0.4, -0.2) is 6.10 Å². The zero-order valence-electron chi connectivity index (χ0n) is 10.0. The minimum Gasteiger partial charge on any atom is -0.491 e. The summed E-state index contributed by atoms with van der Waals surface area (Å²) in [5.74, 6) is 2.43. The van der Waals surface area contributed by atoms with E-state index in [1.54, 1.807) is 6.07 Å². The summed E-state index contributed by atoms with van der Waals surface area (Å²) in [6, 6.07) is 18.0. The molecule has 0 fully saturated rings. The molecule has 0 aliphatic rings. The third-order valence-corrected chi connectivity index (χ3v) is 2.11. The molecule has 0 saturated heterocycles. The van der Waals surface area contributed by atoms with Gasteiger partial charge in [-0.1, -0.05) is 12.1 Å². The van der Waals surface area contributed by atoms with E-state index in [4.69, 9.17) is 9.47 Å². The van der Waals surface area contributed by atoms with Crippen molar-refractivity contribution in [2.75, 3.05) is 0 Å². The van der Waals surface area contributed by atoms with Gasteiger partial charge < -0.3 is 9.47 Å². The standard InChI is InChI=1S/C15H15O2/c1-12(2)16-14-8-10-15(11-9-14)17-13-6-4-3-5-7-13/h3-4,6-12H,1-2H3. The van der Waals surface area contributed by atoms with Crippen LogP contribution >= 0.6 is 0 Å². The Bertz CT molecular complexity index is 446. The molecule has 1 radical (unpaired) electrons. The topological polar surface area (TPSA) is 18.5 Å². The van der Waals surface area contributed by atoms with Gasteiger partial charge in [0.25, 0.3) is 0 Å². The van der Waals surface area contributed by atoms with E-state index in [0.717, 1.165) is 17.2 Å². The van der Waals surface area contributed by atoms with Gasteiger partial charge in [-0.05, 0) is 56.3 Å². The van der Waals surface area contributed by atoms with E-state index in [1.165, 1.54) is 0 Å². The van der Waals surface area contributed by atoms with E-state index in [9.17, 15) is 0 Å². The van der Waals surface area contributed by atoms with Crippen molar-refractivity contribution in [3.63, 3.8) is 0 Å². The van der Waals surface area contributed by atoms with Crippen LogP contribution in [0, 0.1) is 6.07 Å². The van der Waals surface area contributed by atoms with E-state index in [-0.39, 0.29) is 6.10 Å². The summed E-state index contributed by atoms with van der Waals surface area (Å²) in [4.78, 5) is 0. The lowest BCUT2D eigenvalue weighted by Crippen LogP contribution is -2.05. The molecule has 2 heteroatoms. The number of hydrogen-bond donors (Lipinski definition) is 0. The molecule has 0 aromatic heterocycles. The molecule has 0 atom stereocenters. The first kappa shape index (κ1) is 11.5. The van der Waals surface area contributed by atoms with Crippen LogP contribution in [0.2, 0.25) is 0 Å². The molecule has 87 valence electrons. The maximum Gasteiger partial charge on any atom is 0.128 e. The van der Waals surface area contributed by atoms with Crippen LogP contribution in [0.25, 0.3) is 0 Å². The molecule has 0 heterocycles. The van der Waals surface area contributed by atoms with Crippen LogP contribution < -0.4 is 9.47 Å². The second kappa shape index (κ2) is 5.39. The highest BCUT2D eigenvalue weighted by atomic mass is 16.5. The van der Waals surface area contributed by atoms with Gasteiger partial charge in [-0.15, -0.1) is 0 Å². The van der Waals surface area contributed by atoms with Crippen molar-refractivity contribution in [1.82, 2.24) is 0 Å². The number of ether oxygens (including phenoxy) is 2. The average Bonchev–Trinajstić information content (AvgIpc) is 2.32. The van der Waals surface area contributed by atoms with Crippen LogP contribution in [0.15, 0.2) is 48.5 Å². The van der Waals surface area contributed by atoms with Gasteiger partial charge in [0.1, 0.15) is 17.2 Å². The monoisotopic (exact) mass is 227 g/mol. The molecule has 0 saturated carbocycles. The molecule has 0 aliphatic carbocycles. The predicted molar refractivity (Wildman–Crippen MR) is 67.6 cm³/mol. The quantitative estimate of drug-likeness (QED) is 0.784. The van der Waals surface area contributed by atoms with Gasteiger partial charge in [0.05, 0.1) is 6.10 Å². The fourth-order valence-electron chi connectivity index (χ4n) is 1.43. The number of hydrogen-bond acceptors (Lipinski definition) is 2. The molecule has 2 nitrogen and oxygen atoms in total. The van der Waals surface area contributed by atoms with Gasteiger partial charge in [-0.3, -0.25) is 0 Å². The highest BCUT2D eigenvalue weighted by Crippen LogP contribution is 2.23. The molecule has 2 aromatic rings. The maximum atomic E-state index is 5.65. The fraction of sp³-hybridized carbons (Fsp3) is 0.200. The van der Waals surface area contributed by atoms with E-state index in [0.29, 0.717) is 0 Å². The Morgan fingerprint density at radius 3 is 2.24 bits per heavy atom. The van der Waals surface area contributed by atoms with Gasteiger partial charge in [0.2, 0.25) is 0 Å². The van der Waals surface area contributed by atoms with Crippen LogP contribution in [0.4, 0.5) is 0 Å². The first-order valence-corrected chi connectivity index (χ1v) is 5.65. The first-order valence-electron chi connectivity index (χ1n) is 5.65. The molecule has 0 N–H and O–H groups in total. The summed E-state index contributed by atoms with van der Waals surface area (Å²) < 4.78 is 11.2. The van der Waals surface area contributed by atoms with E-state index in [2.05, 4.69) is 6.07 Å². The number of benzene rings is 2. The van der Waals surface area contributed by atoms with Gasteiger partial charge in [0, 0.05) is 0 Å². The fourth-order valence-corrected chi connectivity index (χ4v) is 1.43. The van der Waals surface area contributed by atoms with Crippen molar-refractivity contribution < 1.29 is 9.47 Å². The van der Waals surface area contributed by atoms with Crippen molar-refractivity contribution >= 4 is 0 Å². The van der Waals surface area contributed by atoms with Gasteiger partial charge in [0.15, 0.2) is 0 Å². The highest BCUT2D eigenvalue weighted by molar-refractivity contribution is 5.35. The predicted octanol–water partition coefficient (Wildman–Crippen LogP) is 4.07. The molecule has 0 spiro atoms. The second-order valence-electron chi connectivity index (χ2n) is 3.98. The summed E-state index contributed by atoms with van der Waals surface area (Å²) in [7, 11) is 0. The normalized spacial score (nSPS) is 10.3. The molecule has 0 aliphatic heterocycles. The Morgan fingerprint density at radius 1 is 0.941 bits per heavy atom. The van der Waals surface area contributed by atoms with E-state index < -0.39 is 0 Å². The molecule has 17 heavy (non-hydrogen) atoms. The maximum absolute atomic E-state index is 5.65. The zero-order chi connectivity index (χ0) is 12.1. The molecular weight excluding hydrogens is 212 g/mol. The average molecular weight is 227 g/mol. The first-order chi connectivity index (χ1) is 8.24. The molecule has 0 bridgehead atoms. The van der Waals surface area contributed by atoms with Crippen LogP contribution in [0.3, 0.4) is 0 Å². The lowest BCUT2D eigenvalue weighted by atomic mass is 10.3. The smallest absolute Gasteiger partial charge is 0.128 e. The SMILES string of the molecule is CC(C)Oc1ccc(Oc2c[c]ccc2)cc1. The minimum absolute atomic E-state index is 0.186. The van der Waals surface area contributed by atoms with E-state index in [1.807, 2.05) is 56.3 Å². The summed E-state index contributed by atoms with van der Waals surface area (Å²) in [6.07, 6.45) is 0.186. The van der Waals surface area contributed by atoms with Crippen LogP contribution in [0.5, 0.6) is 17.2 Å². The molecule has 2 aromatic carbocycles. The van der Waals surface area contributed by atoms with Crippen molar-refractivity contribution in [1.29, 1.82) is 0 Å². The summed E-state index contributed by atoms with van der Waals surface area (Å²) in [5, 5.41) is 0. The molecule has 0 unspecified atom stereocenters. The minimum atomic E-state index is 0.186. The molecule has 2 rings (SSSR count). The third kappa shape index (κ3) is 3.52. The van der Waals surface area contributed by atoms with Crippen LogP contribution in [0.1, 0.15) is 13.8 Å². The Hall–Kier alpha value is -1.96. The Morgan fingerprint density at radius 2 is 1.65 bits per heavy atom. The van der Waals surface area contributed by atoms with Gasteiger partial charge >= 0.3 is 0 Å². The number of rotatable bonds is 4. The van der Waals surface area contributed by atoms with Crippen molar-refractivity contribution in [2.24, 2.45) is 0 Å².